The third kappa shape index (κ3) is 6.37. The van der Waals surface area contributed by atoms with Crippen LogP contribution in [0.2, 0.25) is 0 Å². The first kappa shape index (κ1) is 11.6. The second-order valence-corrected chi connectivity index (χ2v) is 4.96. The van der Waals surface area contributed by atoms with Gasteiger partial charge >= 0.3 is 0 Å². The minimum absolute atomic E-state index is 0.223. The van der Waals surface area contributed by atoms with Crippen LogP contribution in [0.1, 0.15) is 19.8 Å². The molecule has 0 amide bonds. The molecule has 72 valence electrons. The van der Waals surface area contributed by atoms with Gasteiger partial charge in [-0.25, -0.2) is 8.42 Å². The molecule has 0 aliphatic heterocycles. The van der Waals surface area contributed by atoms with E-state index in [4.69, 9.17) is 5.73 Å². The predicted molar refractivity (Wildman–Crippen MR) is 51.8 cm³/mol. The van der Waals surface area contributed by atoms with Gasteiger partial charge in [-0.1, -0.05) is 12.2 Å². The number of allylic oxidation sites excluding steroid dienone is 2. The van der Waals surface area contributed by atoms with E-state index in [-0.39, 0.29) is 11.5 Å². The third-order valence-electron chi connectivity index (χ3n) is 1.49. The van der Waals surface area contributed by atoms with Crippen molar-refractivity contribution in [2.75, 3.05) is 18.1 Å². The van der Waals surface area contributed by atoms with Crippen molar-refractivity contribution < 1.29 is 8.42 Å². The van der Waals surface area contributed by atoms with Crippen molar-refractivity contribution in [3.63, 3.8) is 0 Å². The van der Waals surface area contributed by atoms with E-state index >= 15 is 0 Å². The normalized spacial score (nSPS) is 12.5. The Morgan fingerprint density at radius 3 is 2.50 bits per heavy atom. The maximum atomic E-state index is 11.2. The van der Waals surface area contributed by atoms with Crippen LogP contribution in [0.5, 0.6) is 0 Å². The molecule has 4 heteroatoms. The number of nitrogens with two attached hydrogens (primary N) is 1. The molecule has 0 bridgehead atoms. The highest BCUT2D eigenvalue weighted by Gasteiger charge is 2.07. The monoisotopic (exact) mass is 191 g/mol. The first-order valence-electron chi connectivity index (χ1n) is 4.14. The van der Waals surface area contributed by atoms with Crippen molar-refractivity contribution in [2.24, 2.45) is 5.73 Å². The van der Waals surface area contributed by atoms with Gasteiger partial charge in [-0.2, -0.15) is 0 Å². The molecule has 3 nitrogen and oxygen atoms in total. The summed E-state index contributed by atoms with van der Waals surface area (Å²) < 4.78 is 22.3. The second-order valence-electron chi connectivity index (χ2n) is 2.65. The van der Waals surface area contributed by atoms with Gasteiger partial charge in [-0.05, 0) is 26.3 Å². The standard InChI is InChI=1S/C8H17NO2S/c1-2-3-4-7-12(10,11)8-5-6-9/h2-3H,4-9H2,1H3/b3-2+. The summed E-state index contributed by atoms with van der Waals surface area (Å²) in [5.41, 5.74) is 5.21. The molecule has 0 fully saturated rings. The van der Waals surface area contributed by atoms with Gasteiger partial charge in [0.1, 0.15) is 0 Å². The molecule has 0 spiro atoms. The molecular formula is C8H17NO2S. The summed E-state index contributed by atoms with van der Waals surface area (Å²) in [6.45, 7) is 2.33. The largest absolute Gasteiger partial charge is 0.330 e. The molecule has 0 saturated carbocycles. The third-order valence-corrected chi connectivity index (χ3v) is 3.26. The van der Waals surface area contributed by atoms with Gasteiger partial charge < -0.3 is 5.73 Å². The van der Waals surface area contributed by atoms with Crippen molar-refractivity contribution in [2.45, 2.75) is 19.8 Å². The van der Waals surface area contributed by atoms with E-state index < -0.39 is 9.84 Å². The molecule has 0 atom stereocenters. The molecule has 0 aliphatic carbocycles. The molecule has 12 heavy (non-hydrogen) atoms. The molecule has 0 radical (unpaired) electrons. The summed E-state index contributed by atoms with van der Waals surface area (Å²) in [4.78, 5) is 0. The topological polar surface area (TPSA) is 60.2 Å². The van der Waals surface area contributed by atoms with Gasteiger partial charge in [-0.15, -0.1) is 0 Å². The highest BCUT2D eigenvalue weighted by atomic mass is 32.2. The zero-order valence-corrected chi connectivity index (χ0v) is 8.31. The van der Waals surface area contributed by atoms with Crippen molar-refractivity contribution >= 4 is 9.84 Å². The fourth-order valence-corrected chi connectivity index (χ4v) is 2.13. The molecule has 0 aliphatic rings. The van der Waals surface area contributed by atoms with Crippen LogP contribution in [0, 0.1) is 0 Å². The zero-order valence-electron chi connectivity index (χ0n) is 7.49. The lowest BCUT2D eigenvalue weighted by Gasteiger charge is -1.99. The van der Waals surface area contributed by atoms with Gasteiger partial charge in [-0.3, -0.25) is 0 Å². The van der Waals surface area contributed by atoms with Crippen LogP contribution >= 0.6 is 0 Å². The van der Waals surface area contributed by atoms with Crippen molar-refractivity contribution in [3.05, 3.63) is 12.2 Å². The SMILES string of the molecule is C/C=C/CCS(=O)(=O)CCCN. The van der Waals surface area contributed by atoms with Crippen molar-refractivity contribution in [1.29, 1.82) is 0 Å². The molecular weight excluding hydrogens is 174 g/mol. The summed E-state index contributed by atoms with van der Waals surface area (Å²) in [5, 5.41) is 0. The van der Waals surface area contributed by atoms with Gasteiger partial charge in [0, 0.05) is 0 Å². The summed E-state index contributed by atoms with van der Waals surface area (Å²) in [6, 6.07) is 0. The average Bonchev–Trinajstić information content (AvgIpc) is 2.01. The Morgan fingerprint density at radius 1 is 1.33 bits per heavy atom. The van der Waals surface area contributed by atoms with Gasteiger partial charge in [0.25, 0.3) is 0 Å². The van der Waals surface area contributed by atoms with E-state index in [9.17, 15) is 8.42 Å². The smallest absolute Gasteiger partial charge is 0.150 e. The maximum absolute atomic E-state index is 11.2. The number of sulfone groups is 1. The van der Waals surface area contributed by atoms with Crippen LogP contribution in [0.25, 0.3) is 0 Å². The lowest BCUT2D eigenvalue weighted by molar-refractivity contribution is 0.593. The average molecular weight is 191 g/mol. The molecule has 0 unspecified atom stereocenters. The van der Waals surface area contributed by atoms with E-state index in [0.29, 0.717) is 19.4 Å². The maximum Gasteiger partial charge on any atom is 0.150 e. The summed E-state index contributed by atoms with van der Waals surface area (Å²) in [6.07, 6.45) is 4.90. The zero-order chi connectivity index (χ0) is 9.45. The van der Waals surface area contributed by atoms with E-state index in [1.54, 1.807) is 0 Å². The Hall–Kier alpha value is -0.350. The molecule has 0 rings (SSSR count). The molecule has 0 aromatic carbocycles. The predicted octanol–water partition coefficient (Wildman–Crippen LogP) is 0.716. The van der Waals surface area contributed by atoms with Crippen LogP contribution < -0.4 is 5.73 Å². The Bertz CT molecular complexity index is 219. The molecule has 2 N–H and O–H groups in total. The fourth-order valence-electron chi connectivity index (χ4n) is 0.820. The Kier molecular flexibility index (Phi) is 6.02. The number of hydrogen-bond donors (Lipinski definition) is 1. The fraction of sp³-hybridized carbons (Fsp3) is 0.750. The van der Waals surface area contributed by atoms with Crippen LogP contribution in [0.3, 0.4) is 0 Å². The first-order chi connectivity index (χ1) is 5.62. The van der Waals surface area contributed by atoms with Crippen molar-refractivity contribution in [1.82, 2.24) is 0 Å². The Morgan fingerprint density at radius 2 is 2.00 bits per heavy atom. The summed E-state index contributed by atoms with van der Waals surface area (Å²) in [5.74, 6) is 0.471. The minimum atomic E-state index is -2.85. The van der Waals surface area contributed by atoms with E-state index in [1.165, 1.54) is 0 Å². The van der Waals surface area contributed by atoms with Crippen LogP contribution in [0.15, 0.2) is 12.2 Å². The Labute approximate surface area is 74.6 Å². The van der Waals surface area contributed by atoms with Gasteiger partial charge in [0.05, 0.1) is 11.5 Å². The molecule has 0 aromatic heterocycles. The quantitative estimate of drug-likeness (QED) is 0.629. The second kappa shape index (κ2) is 6.20. The Balaban J connectivity index is 3.72. The molecule has 0 saturated heterocycles. The summed E-state index contributed by atoms with van der Waals surface area (Å²) >= 11 is 0. The highest BCUT2D eigenvalue weighted by Crippen LogP contribution is 1.96. The summed E-state index contributed by atoms with van der Waals surface area (Å²) in [7, 11) is -2.85. The van der Waals surface area contributed by atoms with E-state index in [1.807, 2.05) is 19.1 Å². The lowest BCUT2D eigenvalue weighted by Crippen LogP contribution is -2.14. The van der Waals surface area contributed by atoms with E-state index in [2.05, 4.69) is 0 Å². The van der Waals surface area contributed by atoms with Gasteiger partial charge in [0.15, 0.2) is 9.84 Å². The molecule has 0 aromatic rings. The number of hydrogen-bond acceptors (Lipinski definition) is 3. The van der Waals surface area contributed by atoms with Crippen LogP contribution in [-0.4, -0.2) is 26.5 Å². The van der Waals surface area contributed by atoms with Gasteiger partial charge in [0.2, 0.25) is 0 Å². The van der Waals surface area contributed by atoms with Crippen LogP contribution in [0.4, 0.5) is 0 Å². The van der Waals surface area contributed by atoms with E-state index in [0.717, 1.165) is 0 Å². The highest BCUT2D eigenvalue weighted by molar-refractivity contribution is 7.91. The first-order valence-corrected chi connectivity index (χ1v) is 5.96. The number of rotatable bonds is 6. The van der Waals surface area contributed by atoms with Crippen molar-refractivity contribution in [3.8, 4) is 0 Å². The minimum Gasteiger partial charge on any atom is -0.330 e. The lowest BCUT2D eigenvalue weighted by atomic mass is 10.4. The molecule has 0 heterocycles. The van der Waals surface area contributed by atoms with Crippen LogP contribution in [-0.2, 0) is 9.84 Å².